The Kier molecular flexibility index (Phi) is 2.14. The summed E-state index contributed by atoms with van der Waals surface area (Å²) in [6.07, 6.45) is 1.72. The lowest BCUT2D eigenvalue weighted by molar-refractivity contribution is 0.425. The number of nitrogens with zero attached hydrogens (tertiary/aromatic N) is 2. The second kappa shape index (κ2) is 3.30. The molecule has 0 aromatic carbocycles. The summed E-state index contributed by atoms with van der Waals surface area (Å²) in [5.41, 5.74) is 1.63. The van der Waals surface area contributed by atoms with E-state index in [4.69, 9.17) is 4.52 Å². The lowest BCUT2D eigenvalue weighted by atomic mass is 10.3. The van der Waals surface area contributed by atoms with Crippen LogP contribution in [0.25, 0.3) is 11.5 Å². The number of aromatic nitrogens is 2. The molecule has 2 rings (SSSR count). The molecule has 0 aliphatic carbocycles. The molecule has 2 heterocycles. The molecular formula is C9H7BrN2O. The first-order valence-corrected chi connectivity index (χ1v) is 4.61. The Morgan fingerprint density at radius 3 is 2.92 bits per heavy atom. The fourth-order valence-corrected chi connectivity index (χ4v) is 1.49. The third-order valence-corrected chi connectivity index (χ3v) is 2.26. The quantitative estimate of drug-likeness (QED) is 0.767. The van der Waals surface area contributed by atoms with E-state index < -0.39 is 0 Å². The molecule has 66 valence electrons. The van der Waals surface area contributed by atoms with Gasteiger partial charge in [0.15, 0.2) is 5.76 Å². The van der Waals surface area contributed by atoms with Crippen LogP contribution in [0.15, 0.2) is 33.4 Å². The van der Waals surface area contributed by atoms with Gasteiger partial charge in [0.1, 0.15) is 5.69 Å². The molecule has 2 aromatic heterocycles. The zero-order valence-corrected chi connectivity index (χ0v) is 8.58. The Morgan fingerprint density at radius 2 is 2.31 bits per heavy atom. The molecule has 0 atom stereocenters. The lowest BCUT2D eigenvalue weighted by Crippen LogP contribution is -1.80. The number of halogens is 1. The SMILES string of the molecule is Cc1cc(-c2ncccc2Br)on1. The zero-order chi connectivity index (χ0) is 9.26. The van der Waals surface area contributed by atoms with E-state index in [1.54, 1.807) is 6.20 Å². The molecule has 0 radical (unpaired) electrons. The Hall–Kier alpha value is -1.16. The highest BCUT2D eigenvalue weighted by atomic mass is 79.9. The van der Waals surface area contributed by atoms with E-state index in [9.17, 15) is 0 Å². The van der Waals surface area contributed by atoms with Gasteiger partial charge in [0.25, 0.3) is 0 Å². The van der Waals surface area contributed by atoms with Crippen molar-refractivity contribution in [2.45, 2.75) is 6.92 Å². The van der Waals surface area contributed by atoms with Crippen LogP contribution in [0.1, 0.15) is 5.69 Å². The van der Waals surface area contributed by atoms with Crippen molar-refractivity contribution in [1.82, 2.24) is 10.1 Å². The molecule has 0 saturated carbocycles. The summed E-state index contributed by atoms with van der Waals surface area (Å²) in [6.45, 7) is 1.88. The van der Waals surface area contributed by atoms with Gasteiger partial charge >= 0.3 is 0 Å². The van der Waals surface area contributed by atoms with Crippen molar-refractivity contribution in [1.29, 1.82) is 0 Å². The molecule has 13 heavy (non-hydrogen) atoms. The number of aryl methyl sites for hydroxylation is 1. The Balaban J connectivity index is 2.52. The molecule has 0 saturated heterocycles. The highest BCUT2D eigenvalue weighted by Gasteiger charge is 2.08. The summed E-state index contributed by atoms with van der Waals surface area (Å²) >= 11 is 3.39. The molecule has 0 fully saturated rings. The third-order valence-electron chi connectivity index (χ3n) is 1.62. The van der Waals surface area contributed by atoms with E-state index in [0.29, 0.717) is 5.76 Å². The fraction of sp³-hybridized carbons (Fsp3) is 0.111. The molecule has 0 N–H and O–H groups in total. The Bertz CT molecular complexity index is 425. The van der Waals surface area contributed by atoms with E-state index in [0.717, 1.165) is 15.9 Å². The van der Waals surface area contributed by atoms with E-state index >= 15 is 0 Å². The van der Waals surface area contributed by atoms with Crippen molar-refractivity contribution in [2.24, 2.45) is 0 Å². The molecule has 3 nitrogen and oxygen atoms in total. The van der Waals surface area contributed by atoms with E-state index in [2.05, 4.69) is 26.1 Å². The van der Waals surface area contributed by atoms with Crippen LogP contribution < -0.4 is 0 Å². The first-order chi connectivity index (χ1) is 6.27. The molecule has 0 bridgehead atoms. The second-order valence-electron chi connectivity index (χ2n) is 2.67. The lowest BCUT2D eigenvalue weighted by Gasteiger charge is -1.95. The fourth-order valence-electron chi connectivity index (χ4n) is 1.04. The number of hydrogen-bond donors (Lipinski definition) is 0. The Labute approximate surface area is 83.9 Å². The molecule has 0 aliphatic heterocycles. The largest absolute Gasteiger partial charge is 0.354 e. The third kappa shape index (κ3) is 1.62. The van der Waals surface area contributed by atoms with Crippen molar-refractivity contribution in [3.8, 4) is 11.5 Å². The average molecular weight is 239 g/mol. The predicted octanol–water partition coefficient (Wildman–Crippen LogP) is 2.81. The highest BCUT2D eigenvalue weighted by Crippen LogP contribution is 2.25. The molecule has 0 unspecified atom stereocenters. The van der Waals surface area contributed by atoms with Crippen molar-refractivity contribution in [3.05, 3.63) is 34.6 Å². The monoisotopic (exact) mass is 238 g/mol. The topological polar surface area (TPSA) is 38.9 Å². The van der Waals surface area contributed by atoms with E-state index in [1.165, 1.54) is 0 Å². The second-order valence-corrected chi connectivity index (χ2v) is 3.52. The summed E-state index contributed by atoms with van der Waals surface area (Å²) in [4.78, 5) is 4.18. The maximum absolute atomic E-state index is 5.09. The minimum Gasteiger partial charge on any atom is -0.354 e. The van der Waals surface area contributed by atoms with Gasteiger partial charge in [-0.05, 0) is 35.0 Å². The van der Waals surface area contributed by atoms with Gasteiger partial charge in [-0.15, -0.1) is 0 Å². The molecule has 0 spiro atoms. The van der Waals surface area contributed by atoms with Crippen molar-refractivity contribution < 1.29 is 4.52 Å². The summed E-state index contributed by atoms with van der Waals surface area (Å²) in [5.74, 6) is 0.685. The van der Waals surface area contributed by atoms with Crippen molar-refractivity contribution in [3.63, 3.8) is 0 Å². The molecule has 4 heteroatoms. The van der Waals surface area contributed by atoms with Gasteiger partial charge in [-0.3, -0.25) is 4.98 Å². The van der Waals surface area contributed by atoms with Crippen LogP contribution >= 0.6 is 15.9 Å². The molecule has 0 aliphatic rings. The maximum atomic E-state index is 5.09. The van der Waals surface area contributed by atoms with Gasteiger partial charge in [-0.1, -0.05) is 5.16 Å². The first-order valence-electron chi connectivity index (χ1n) is 3.81. The summed E-state index contributed by atoms with van der Waals surface area (Å²) in [7, 11) is 0. The molecule has 0 amide bonds. The van der Waals surface area contributed by atoms with Crippen LogP contribution in [0.3, 0.4) is 0 Å². The normalized spacial score (nSPS) is 10.3. The smallest absolute Gasteiger partial charge is 0.186 e. The van der Waals surface area contributed by atoms with Crippen molar-refractivity contribution >= 4 is 15.9 Å². The van der Waals surface area contributed by atoms with Gasteiger partial charge < -0.3 is 4.52 Å². The Morgan fingerprint density at radius 1 is 1.46 bits per heavy atom. The van der Waals surface area contributed by atoms with Crippen LogP contribution in [-0.2, 0) is 0 Å². The van der Waals surface area contributed by atoms with Crippen molar-refractivity contribution in [2.75, 3.05) is 0 Å². The standard InChI is InChI=1S/C9H7BrN2O/c1-6-5-8(13-12-6)9-7(10)3-2-4-11-9/h2-5H,1H3. The number of hydrogen-bond acceptors (Lipinski definition) is 3. The summed E-state index contributed by atoms with van der Waals surface area (Å²) in [5, 5.41) is 3.80. The van der Waals surface area contributed by atoms with E-state index in [1.807, 2.05) is 25.1 Å². The minimum absolute atomic E-state index is 0.685. The number of pyridine rings is 1. The van der Waals surface area contributed by atoms with Gasteiger partial charge in [-0.2, -0.15) is 0 Å². The van der Waals surface area contributed by atoms with Gasteiger partial charge in [-0.25, -0.2) is 0 Å². The highest BCUT2D eigenvalue weighted by molar-refractivity contribution is 9.10. The van der Waals surface area contributed by atoms with Crippen LogP contribution in [0.5, 0.6) is 0 Å². The maximum Gasteiger partial charge on any atom is 0.186 e. The number of rotatable bonds is 1. The average Bonchev–Trinajstić information content (AvgIpc) is 2.53. The van der Waals surface area contributed by atoms with Crippen LogP contribution in [-0.4, -0.2) is 10.1 Å². The first kappa shape index (κ1) is 8.44. The van der Waals surface area contributed by atoms with Crippen LogP contribution in [0.4, 0.5) is 0 Å². The molecular weight excluding hydrogens is 232 g/mol. The molecule has 2 aromatic rings. The van der Waals surface area contributed by atoms with Gasteiger partial charge in [0.2, 0.25) is 0 Å². The van der Waals surface area contributed by atoms with Gasteiger partial charge in [0.05, 0.1) is 5.69 Å². The van der Waals surface area contributed by atoms with E-state index in [-0.39, 0.29) is 0 Å². The van der Waals surface area contributed by atoms with Gasteiger partial charge in [0, 0.05) is 16.7 Å². The van der Waals surface area contributed by atoms with Crippen LogP contribution in [0.2, 0.25) is 0 Å². The summed E-state index contributed by atoms with van der Waals surface area (Å²) < 4.78 is 6.00. The summed E-state index contributed by atoms with van der Waals surface area (Å²) in [6, 6.07) is 5.63. The van der Waals surface area contributed by atoms with Crippen LogP contribution in [0, 0.1) is 6.92 Å². The predicted molar refractivity (Wildman–Crippen MR) is 52.2 cm³/mol. The minimum atomic E-state index is 0.685. The zero-order valence-electron chi connectivity index (χ0n) is 6.99.